The molecule has 0 unspecified atom stereocenters. The van der Waals surface area contributed by atoms with E-state index in [0.717, 1.165) is 11.3 Å². The molecule has 0 fully saturated rings. The summed E-state index contributed by atoms with van der Waals surface area (Å²) in [4.78, 5) is 29.2. The minimum Gasteiger partial charge on any atom is -0.334 e. The van der Waals surface area contributed by atoms with E-state index in [2.05, 4.69) is 27.3 Å². The van der Waals surface area contributed by atoms with Crippen molar-refractivity contribution in [1.29, 1.82) is 0 Å². The molecule has 1 atom stereocenters. The summed E-state index contributed by atoms with van der Waals surface area (Å²) in [5.74, 6) is -0.366. The maximum absolute atomic E-state index is 11.9. The van der Waals surface area contributed by atoms with Gasteiger partial charge in [0.2, 0.25) is 5.91 Å². The third-order valence-electron chi connectivity index (χ3n) is 3.77. The lowest BCUT2D eigenvalue weighted by Crippen LogP contribution is -2.44. The average Bonchev–Trinajstić information content (AvgIpc) is 3.13. The highest BCUT2D eigenvalue weighted by Gasteiger charge is 2.16. The van der Waals surface area contributed by atoms with Gasteiger partial charge < -0.3 is 5.32 Å². The van der Waals surface area contributed by atoms with E-state index in [9.17, 15) is 9.59 Å². The van der Waals surface area contributed by atoms with Crippen LogP contribution >= 0.6 is 0 Å². The zero-order valence-electron chi connectivity index (χ0n) is 14.3. The molecule has 2 rings (SSSR count). The smallest absolute Gasteiger partial charge is 0.321 e. The Morgan fingerprint density at radius 2 is 2.08 bits per heavy atom. The van der Waals surface area contributed by atoms with Gasteiger partial charge >= 0.3 is 6.03 Å². The second-order valence-electron chi connectivity index (χ2n) is 5.57. The Hall–Kier alpha value is -3.00. The number of aromatic nitrogens is 3. The van der Waals surface area contributed by atoms with E-state index in [4.69, 9.17) is 0 Å². The number of nitrogens with one attached hydrogen (secondary N) is 2. The molecular formula is C17H22N6O2. The van der Waals surface area contributed by atoms with Gasteiger partial charge in [0.1, 0.15) is 12.7 Å². The molecule has 0 aliphatic heterocycles. The number of carbonyl (C=O) groups excluding carboxylic acids is 2. The Bertz CT molecular complexity index is 711. The van der Waals surface area contributed by atoms with Crippen LogP contribution in [0.2, 0.25) is 0 Å². The molecule has 0 saturated heterocycles. The van der Waals surface area contributed by atoms with Gasteiger partial charge in [0, 0.05) is 12.6 Å². The van der Waals surface area contributed by atoms with E-state index >= 15 is 0 Å². The van der Waals surface area contributed by atoms with Gasteiger partial charge in [0.05, 0.1) is 12.2 Å². The Labute approximate surface area is 146 Å². The minimum absolute atomic E-state index is 0.00628. The van der Waals surface area contributed by atoms with Crippen LogP contribution in [0.3, 0.4) is 0 Å². The van der Waals surface area contributed by atoms with Crippen molar-refractivity contribution >= 4 is 11.9 Å². The van der Waals surface area contributed by atoms with E-state index in [0.29, 0.717) is 6.54 Å². The summed E-state index contributed by atoms with van der Waals surface area (Å²) in [5.41, 5.74) is 1.96. The van der Waals surface area contributed by atoms with Crippen molar-refractivity contribution in [2.24, 2.45) is 0 Å². The summed E-state index contributed by atoms with van der Waals surface area (Å²) >= 11 is 0. The lowest BCUT2D eigenvalue weighted by atomic mass is 10.1. The average molecular weight is 342 g/mol. The molecule has 0 saturated carbocycles. The third-order valence-corrected chi connectivity index (χ3v) is 3.77. The molecule has 2 aromatic rings. The first kappa shape index (κ1) is 18.3. The van der Waals surface area contributed by atoms with Gasteiger partial charge in [-0.1, -0.05) is 18.2 Å². The van der Waals surface area contributed by atoms with Crippen molar-refractivity contribution in [2.45, 2.75) is 13.0 Å². The maximum Gasteiger partial charge on any atom is 0.321 e. The molecule has 0 aliphatic carbocycles. The van der Waals surface area contributed by atoms with Crippen LogP contribution in [0.25, 0.3) is 5.69 Å². The summed E-state index contributed by atoms with van der Waals surface area (Å²) in [7, 11) is 1.83. The molecule has 3 amide bonds. The fourth-order valence-corrected chi connectivity index (χ4v) is 2.24. The number of imide groups is 1. The Balaban J connectivity index is 1.90. The molecule has 1 heterocycles. The first-order valence-corrected chi connectivity index (χ1v) is 7.85. The number of benzene rings is 1. The van der Waals surface area contributed by atoms with Crippen LogP contribution in [0.4, 0.5) is 4.79 Å². The number of carbonyl (C=O) groups is 2. The SMILES string of the molecule is C=CCNC(=O)NC(=O)CN(C)[C@@H](C)c1ccc(-n2cncn2)cc1. The van der Waals surface area contributed by atoms with E-state index < -0.39 is 6.03 Å². The van der Waals surface area contributed by atoms with Gasteiger partial charge in [-0.3, -0.25) is 15.0 Å². The first-order chi connectivity index (χ1) is 12.0. The summed E-state index contributed by atoms with van der Waals surface area (Å²) in [6, 6.07) is 7.32. The Morgan fingerprint density at radius 3 is 2.68 bits per heavy atom. The molecule has 0 radical (unpaired) electrons. The first-order valence-electron chi connectivity index (χ1n) is 7.85. The van der Waals surface area contributed by atoms with E-state index in [-0.39, 0.29) is 18.5 Å². The lowest BCUT2D eigenvalue weighted by Gasteiger charge is -2.24. The third kappa shape index (κ3) is 5.25. The number of urea groups is 1. The van der Waals surface area contributed by atoms with Crippen LogP contribution in [-0.2, 0) is 4.79 Å². The van der Waals surface area contributed by atoms with Crippen molar-refractivity contribution in [1.82, 2.24) is 30.3 Å². The number of hydrogen-bond donors (Lipinski definition) is 2. The predicted molar refractivity (Wildman–Crippen MR) is 94.1 cm³/mol. The molecular weight excluding hydrogens is 320 g/mol. The predicted octanol–water partition coefficient (Wildman–Crippen LogP) is 1.27. The van der Waals surface area contributed by atoms with E-state index in [1.165, 1.54) is 6.33 Å². The molecule has 8 heteroatoms. The fourth-order valence-electron chi connectivity index (χ4n) is 2.24. The van der Waals surface area contributed by atoms with Gasteiger partial charge in [0.15, 0.2) is 0 Å². The Morgan fingerprint density at radius 1 is 1.36 bits per heavy atom. The van der Waals surface area contributed by atoms with Gasteiger partial charge in [0.25, 0.3) is 0 Å². The molecule has 25 heavy (non-hydrogen) atoms. The summed E-state index contributed by atoms with van der Waals surface area (Å²) < 4.78 is 1.67. The molecule has 0 spiro atoms. The van der Waals surface area contributed by atoms with Gasteiger partial charge in [-0.05, 0) is 31.7 Å². The van der Waals surface area contributed by atoms with Crippen molar-refractivity contribution in [3.63, 3.8) is 0 Å². The van der Waals surface area contributed by atoms with Crippen molar-refractivity contribution in [3.8, 4) is 5.69 Å². The minimum atomic E-state index is -0.525. The lowest BCUT2D eigenvalue weighted by molar-refractivity contribution is -0.121. The van der Waals surface area contributed by atoms with E-state index in [1.54, 1.807) is 17.1 Å². The maximum atomic E-state index is 11.9. The van der Waals surface area contributed by atoms with E-state index in [1.807, 2.05) is 43.1 Å². The highest BCUT2D eigenvalue weighted by molar-refractivity contribution is 5.95. The second-order valence-corrected chi connectivity index (χ2v) is 5.57. The van der Waals surface area contributed by atoms with Crippen LogP contribution < -0.4 is 10.6 Å². The number of amides is 3. The summed E-state index contributed by atoms with van der Waals surface area (Å²) in [5, 5.41) is 8.86. The number of hydrogen-bond acceptors (Lipinski definition) is 5. The molecule has 0 bridgehead atoms. The standard InChI is InChI=1S/C17H22N6O2/c1-4-9-19-17(25)21-16(24)10-22(3)13(2)14-5-7-15(8-6-14)23-12-18-11-20-23/h4-8,11-13H,1,9-10H2,2-3H3,(H2,19,21,24,25)/t13-/m0/s1. The topological polar surface area (TPSA) is 92.2 Å². The molecule has 8 nitrogen and oxygen atoms in total. The normalized spacial score (nSPS) is 11.8. The monoisotopic (exact) mass is 342 g/mol. The van der Waals surface area contributed by atoms with Crippen molar-refractivity contribution in [3.05, 3.63) is 55.1 Å². The molecule has 2 N–H and O–H groups in total. The van der Waals surface area contributed by atoms with Crippen LogP contribution in [-0.4, -0.2) is 51.7 Å². The largest absolute Gasteiger partial charge is 0.334 e. The summed E-state index contributed by atoms with van der Waals surface area (Å²) in [6.45, 7) is 5.90. The quantitative estimate of drug-likeness (QED) is 0.739. The second kappa shape index (κ2) is 8.74. The number of rotatable bonds is 7. The fraction of sp³-hybridized carbons (Fsp3) is 0.294. The molecule has 132 valence electrons. The number of nitrogens with zero attached hydrogens (tertiary/aromatic N) is 4. The van der Waals surface area contributed by atoms with Crippen LogP contribution in [0, 0.1) is 0 Å². The van der Waals surface area contributed by atoms with Gasteiger partial charge in [-0.25, -0.2) is 14.5 Å². The van der Waals surface area contributed by atoms with Gasteiger partial charge in [-0.15, -0.1) is 6.58 Å². The highest BCUT2D eigenvalue weighted by atomic mass is 16.2. The molecule has 0 aliphatic rings. The summed E-state index contributed by atoms with van der Waals surface area (Å²) in [6.07, 6.45) is 4.65. The van der Waals surface area contributed by atoms with Gasteiger partial charge in [-0.2, -0.15) is 5.10 Å². The highest BCUT2D eigenvalue weighted by Crippen LogP contribution is 2.19. The zero-order valence-corrected chi connectivity index (χ0v) is 14.3. The van der Waals surface area contributed by atoms with Crippen molar-refractivity contribution in [2.75, 3.05) is 20.1 Å². The van der Waals surface area contributed by atoms with Crippen LogP contribution in [0.5, 0.6) is 0 Å². The number of likely N-dealkylation sites (N-methyl/N-ethyl adjacent to an activating group) is 1. The molecule has 1 aromatic heterocycles. The van der Waals surface area contributed by atoms with Crippen molar-refractivity contribution < 1.29 is 9.59 Å². The molecule has 1 aromatic carbocycles. The van der Waals surface area contributed by atoms with Crippen LogP contribution in [0.15, 0.2) is 49.6 Å². The Kier molecular flexibility index (Phi) is 6.41. The zero-order chi connectivity index (χ0) is 18.2. The van der Waals surface area contributed by atoms with Crippen LogP contribution in [0.1, 0.15) is 18.5 Å².